The number of allylic oxidation sites excluding steroid dienone is 4. The van der Waals surface area contributed by atoms with Gasteiger partial charge >= 0.3 is 0 Å². The smallest absolute Gasteiger partial charge is 0.272 e. The van der Waals surface area contributed by atoms with E-state index in [1.165, 1.54) is 12.1 Å². The van der Waals surface area contributed by atoms with Crippen molar-refractivity contribution in [3.63, 3.8) is 0 Å². The quantitative estimate of drug-likeness (QED) is 0.728. The average Bonchev–Trinajstić information content (AvgIpc) is 3.11. The van der Waals surface area contributed by atoms with Gasteiger partial charge in [-0.2, -0.15) is 5.10 Å². The summed E-state index contributed by atoms with van der Waals surface area (Å²) in [7, 11) is 0. The molecule has 1 aromatic heterocycles. The highest BCUT2D eigenvalue weighted by Crippen LogP contribution is 2.20. The molecule has 2 amide bonds. The maximum atomic E-state index is 13.3. The first-order valence-electron chi connectivity index (χ1n) is 9.39. The molecule has 0 aliphatic carbocycles. The third-order valence-electron chi connectivity index (χ3n) is 4.68. The molecule has 1 aliphatic heterocycles. The van der Waals surface area contributed by atoms with Crippen molar-refractivity contribution in [2.45, 2.75) is 32.2 Å². The first kappa shape index (κ1) is 20.3. The van der Waals surface area contributed by atoms with Gasteiger partial charge < -0.3 is 10.6 Å². The molecule has 2 aromatic rings. The van der Waals surface area contributed by atoms with Gasteiger partial charge in [-0.25, -0.2) is 4.39 Å². The van der Waals surface area contributed by atoms with E-state index in [0.717, 1.165) is 16.8 Å². The Morgan fingerprint density at radius 2 is 2.24 bits per heavy atom. The zero-order valence-corrected chi connectivity index (χ0v) is 16.2. The van der Waals surface area contributed by atoms with Gasteiger partial charge in [0.15, 0.2) is 0 Å². The van der Waals surface area contributed by atoms with Gasteiger partial charge in [-0.3, -0.25) is 14.7 Å². The maximum absolute atomic E-state index is 13.3. The molecule has 1 fully saturated rings. The first-order valence-corrected chi connectivity index (χ1v) is 9.39. The van der Waals surface area contributed by atoms with E-state index in [1.807, 2.05) is 19.1 Å². The number of H-pyrrole nitrogens is 1. The minimum Gasteiger partial charge on any atom is -0.339 e. The van der Waals surface area contributed by atoms with E-state index >= 15 is 0 Å². The number of carbonyl (C=O) groups is 2. The first-order chi connectivity index (χ1) is 14.0. The third-order valence-corrected chi connectivity index (χ3v) is 4.68. The lowest BCUT2D eigenvalue weighted by atomic mass is 10.0. The number of aromatic amines is 1. The molecule has 2 heterocycles. The molecule has 0 saturated carbocycles. The van der Waals surface area contributed by atoms with Crippen LogP contribution in [0.15, 0.2) is 66.4 Å². The Balaban J connectivity index is 1.67. The van der Waals surface area contributed by atoms with Gasteiger partial charge in [0, 0.05) is 17.8 Å². The van der Waals surface area contributed by atoms with Crippen molar-refractivity contribution < 1.29 is 14.0 Å². The van der Waals surface area contributed by atoms with Gasteiger partial charge in [0.25, 0.3) is 5.91 Å². The average molecular weight is 394 g/mol. The van der Waals surface area contributed by atoms with E-state index in [0.29, 0.717) is 25.0 Å². The lowest BCUT2D eigenvalue weighted by molar-refractivity contribution is -0.122. The number of carbonyl (C=O) groups excluding carboxylic acids is 2. The monoisotopic (exact) mass is 394 g/mol. The number of amides is 2. The Morgan fingerprint density at radius 1 is 1.41 bits per heavy atom. The summed E-state index contributed by atoms with van der Waals surface area (Å²) in [6.07, 6.45) is 6.86. The lowest BCUT2D eigenvalue weighted by Gasteiger charge is -2.14. The minimum atomic E-state index is -0.670. The van der Waals surface area contributed by atoms with Crippen molar-refractivity contribution in [3.8, 4) is 0 Å². The Morgan fingerprint density at radius 3 is 2.97 bits per heavy atom. The molecule has 1 aromatic carbocycles. The summed E-state index contributed by atoms with van der Waals surface area (Å²) in [5.74, 6) is -1.02. The fourth-order valence-electron chi connectivity index (χ4n) is 3.24. The summed E-state index contributed by atoms with van der Waals surface area (Å²) < 4.78 is 13.3. The Labute approximate surface area is 168 Å². The molecule has 3 rings (SSSR count). The van der Waals surface area contributed by atoms with Crippen LogP contribution in [0.1, 0.15) is 41.5 Å². The molecule has 1 atom stereocenters. The molecule has 0 unspecified atom stereocenters. The van der Waals surface area contributed by atoms with E-state index in [1.54, 1.807) is 24.3 Å². The van der Waals surface area contributed by atoms with Crippen LogP contribution < -0.4 is 10.6 Å². The summed E-state index contributed by atoms with van der Waals surface area (Å²) in [5, 5.41) is 12.4. The Bertz CT molecular complexity index is 990. The minimum absolute atomic E-state index is 0.182. The summed E-state index contributed by atoms with van der Waals surface area (Å²) in [5.41, 5.74) is 3.32. The highest BCUT2D eigenvalue weighted by molar-refractivity contribution is 5.96. The zero-order chi connectivity index (χ0) is 20.8. The lowest BCUT2D eigenvalue weighted by Crippen LogP contribution is -2.45. The summed E-state index contributed by atoms with van der Waals surface area (Å²) in [4.78, 5) is 25.1. The highest BCUT2D eigenvalue weighted by atomic mass is 19.1. The number of hydrogen-bond acceptors (Lipinski definition) is 3. The maximum Gasteiger partial charge on any atom is 0.272 e. The number of nitrogens with one attached hydrogen (secondary N) is 3. The molecule has 0 spiro atoms. The predicted octanol–water partition coefficient (Wildman–Crippen LogP) is 3.16. The van der Waals surface area contributed by atoms with Crippen molar-refractivity contribution >= 4 is 11.8 Å². The topological polar surface area (TPSA) is 86.9 Å². The molecule has 1 aliphatic rings. The molecular weight excluding hydrogens is 371 g/mol. The summed E-state index contributed by atoms with van der Waals surface area (Å²) in [6, 6.07) is 7.18. The Hall–Kier alpha value is -3.48. The van der Waals surface area contributed by atoms with Crippen LogP contribution in [0, 0.1) is 5.82 Å². The van der Waals surface area contributed by atoms with Crippen LogP contribution in [-0.2, 0) is 11.2 Å². The molecule has 0 bridgehead atoms. The molecule has 6 nitrogen and oxygen atoms in total. The van der Waals surface area contributed by atoms with Gasteiger partial charge in [-0.15, -0.1) is 0 Å². The fourth-order valence-corrected chi connectivity index (χ4v) is 3.24. The zero-order valence-electron chi connectivity index (χ0n) is 16.2. The van der Waals surface area contributed by atoms with Crippen LogP contribution in [0.5, 0.6) is 0 Å². The molecule has 0 radical (unpaired) electrons. The van der Waals surface area contributed by atoms with Gasteiger partial charge in [-0.1, -0.05) is 36.9 Å². The number of hydrogen-bond donors (Lipinski definition) is 3. The second kappa shape index (κ2) is 9.14. The van der Waals surface area contributed by atoms with E-state index in [-0.39, 0.29) is 17.4 Å². The van der Waals surface area contributed by atoms with Crippen LogP contribution in [-0.4, -0.2) is 28.1 Å². The molecule has 150 valence electrons. The van der Waals surface area contributed by atoms with Gasteiger partial charge in [0.05, 0.1) is 0 Å². The van der Waals surface area contributed by atoms with Crippen molar-refractivity contribution in [2.75, 3.05) is 0 Å². The number of aromatic nitrogens is 2. The highest BCUT2D eigenvalue weighted by Gasteiger charge is 2.27. The molecular formula is C22H23FN4O2. The fraction of sp³-hybridized carbons (Fsp3) is 0.227. The number of benzene rings is 1. The molecule has 29 heavy (non-hydrogen) atoms. The van der Waals surface area contributed by atoms with E-state index in [9.17, 15) is 14.0 Å². The largest absolute Gasteiger partial charge is 0.339 e. The van der Waals surface area contributed by atoms with Gasteiger partial charge in [0.2, 0.25) is 5.91 Å². The summed E-state index contributed by atoms with van der Waals surface area (Å²) in [6.45, 7) is 5.54. The number of nitrogens with zero attached hydrogens (tertiary/aromatic N) is 1. The number of halogens is 1. The third kappa shape index (κ3) is 5.07. The van der Waals surface area contributed by atoms with Crippen LogP contribution in [0.4, 0.5) is 4.39 Å². The number of rotatable bonds is 5. The second-order valence-electron chi connectivity index (χ2n) is 6.77. The van der Waals surface area contributed by atoms with Crippen LogP contribution in [0.25, 0.3) is 0 Å². The van der Waals surface area contributed by atoms with E-state index in [2.05, 4.69) is 27.4 Å². The van der Waals surface area contributed by atoms with Crippen molar-refractivity contribution in [2.24, 2.45) is 0 Å². The van der Waals surface area contributed by atoms with E-state index < -0.39 is 11.9 Å². The molecule has 7 heteroatoms. The van der Waals surface area contributed by atoms with Crippen molar-refractivity contribution in [1.29, 1.82) is 0 Å². The second-order valence-corrected chi connectivity index (χ2v) is 6.77. The Kier molecular flexibility index (Phi) is 6.39. The summed E-state index contributed by atoms with van der Waals surface area (Å²) >= 11 is 0. The van der Waals surface area contributed by atoms with Gasteiger partial charge in [-0.05, 0) is 49.1 Å². The predicted molar refractivity (Wildman–Crippen MR) is 108 cm³/mol. The van der Waals surface area contributed by atoms with Gasteiger partial charge in [0.1, 0.15) is 17.6 Å². The van der Waals surface area contributed by atoms with E-state index in [4.69, 9.17) is 0 Å². The van der Waals surface area contributed by atoms with Crippen molar-refractivity contribution in [1.82, 2.24) is 20.8 Å². The SMILES string of the molecule is C=C/C=C1/CC[C@H](NC(=O)c2cc(Cc3cccc(F)c3)[nH]n2)C(=O)N/C1=C/C. The van der Waals surface area contributed by atoms with Crippen LogP contribution in [0.2, 0.25) is 0 Å². The molecule has 3 N–H and O–H groups in total. The normalized spacial score (nSPS) is 19.7. The standard InChI is InChI=1S/C22H23FN4O2/c1-3-6-15-9-10-19(21(28)24-18(15)4-2)25-22(29)20-13-17(26-27-20)12-14-7-5-8-16(23)11-14/h3-8,11,13,19H,1,9-10,12H2,2H3,(H,24,28)(H,25,29)(H,26,27)/b15-6-,18-4+/t19-/m0/s1. The van der Waals surface area contributed by atoms with Crippen molar-refractivity contribution in [3.05, 3.63) is 89.2 Å². The van der Waals surface area contributed by atoms with Crippen LogP contribution >= 0.6 is 0 Å². The molecule has 1 saturated heterocycles. The van der Waals surface area contributed by atoms with Crippen LogP contribution in [0.3, 0.4) is 0 Å².